The van der Waals surface area contributed by atoms with Gasteiger partial charge in [-0.15, -0.1) is 0 Å². The van der Waals surface area contributed by atoms with Crippen LogP contribution < -0.4 is 0 Å². The molecular formula is C50H90O14P2. The van der Waals surface area contributed by atoms with Gasteiger partial charge in [0.1, 0.15) is 12.7 Å². The van der Waals surface area contributed by atoms with E-state index in [1.165, 1.54) is 115 Å². The van der Waals surface area contributed by atoms with E-state index >= 15 is 0 Å². The van der Waals surface area contributed by atoms with Crippen LogP contribution in [0.25, 0.3) is 0 Å². The van der Waals surface area contributed by atoms with Crippen LogP contribution in [0, 0.1) is 5.92 Å². The second-order valence-corrected chi connectivity index (χ2v) is 20.3. The molecule has 0 aromatic carbocycles. The molecule has 0 rings (SSSR count). The van der Waals surface area contributed by atoms with Gasteiger partial charge in [0.2, 0.25) is 0 Å². The Labute approximate surface area is 398 Å². The van der Waals surface area contributed by atoms with Crippen LogP contribution >= 0.6 is 15.6 Å². The van der Waals surface area contributed by atoms with E-state index in [0.29, 0.717) is 6.42 Å². The van der Waals surface area contributed by atoms with Gasteiger partial charge in [-0.1, -0.05) is 192 Å². The van der Waals surface area contributed by atoms with Gasteiger partial charge in [-0.3, -0.25) is 28.0 Å². The van der Waals surface area contributed by atoms with Gasteiger partial charge in [0.25, 0.3) is 0 Å². The lowest BCUT2D eigenvalue weighted by Crippen LogP contribution is -2.30. The quantitative estimate of drug-likeness (QED) is 0.0112. The molecular weight excluding hydrogens is 886 g/mol. The Balaban J connectivity index is 4.55. The smallest absolute Gasteiger partial charge is 0.462 e. The summed E-state index contributed by atoms with van der Waals surface area (Å²) in [5.41, 5.74) is 0. The molecule has 0 aliphatic rings. The van der Waals surface area contributed by atoms with Crippen molar-refractivity contribution >= 4 is 33.4 Å². The molecule has 4 N–H and O–H groups in total. The number of phosphoric acid groups is 2. The maximum absolute atomic E-state index is 12.7. The first kappa shape index (κ1) is 63.8. The third kappa shape index (κ3) is 48.2. The maximum atomic E-state index is 12.7. The highest BCUT2D eigenvalue weighted by Gasteiger charge is 2.28. The molecule has 0 bridgehead atoms. The van der Waals surface area contributed by atoms with Crippen LogP contribution in [0.15, 0.2) is 48.6 Å². The molecule has 0 saturated carbocycles. The lowest BCUT2D eigenvalue weighted by Gasteiger charge is -2.20. The summed E-state index contributed by atoms with van der Waals surface area (Å²) in [7, 11) is -9.76. The van der Waals surface area contributed by atoms with Gasteiger partial charge in [0.05, 0.1) is 19.8 Å². The number of esters is 2. The SMILES string of the molecule is CCCCC/C=C\C/C=C\C/C=C\C=C\C(=O)CCCC(=O)OC[C@H](COP(=O)(O)OC[C@@H](O)COP(=O)(O)O)OC(=O)CCCCCCCCCCCCCCCCCCCCC(C)C. The molecule has 0 aliphatic carbocycles. The topological polar surface area (TPSA) is 212 Å². The second kappa shape index (κ2) is 44.0. The van der Waals surface area contributed by atoms with Crippen molar-refractivity contribution in [1.82, 2.24) is 0 Å². The van der Waals surface area contributed by atoms with Gasteiger partial charge in [-0.25, -0.2) is 9.13 Å². The Bertz CT molecular complexity index is 1420. The summed E-state index contributed by atoms with van der Waals surface area (Å²) in [4.78, 5) is 65.1. The predicted octanol–water partition coefficient (Wildman–Crippen LogP) is 12.8. The molecule has 0 heterocycles. The summed E-state index contributed by atoms with van der Waals surface area (Å²) in [5.74, 6) is -0.614. The van der Waals surface area contributed by atoms with Gasteiger partial charge < -0.3 is 29.3 Å². The zero-order chi connectivity index (χ0) is 49.0. The molecule has 14 nitrogen and oxygen atoms in total. The number of aliphatic hydroxyl groups is 1. The summed E-state index contributed by atoms with van der Waals surface area (Å²) in [5, 5.41) is 9.77. The third-order valence-electron chi connectivity index (χ3n) is 10.6. The number of hydrogen-bond acceptors (Lipinski definition) is 11. The van der Waals surface area contributed by atoms with E-state index in [1.807, 2.05) is 6.08 Å². The monoisotopic (exact) mass is 977 g/mol. The summed E-state index contributed by atoms with van der Waals surface area (Å²) >= 11 is 0. The van der Waals surface area contributed by atoms with Crippen LogP contribution in [-0.4, -0.2) is 76.1 Å². The van der Waals surface area contributed by atoms with E-state index in [2.05, 4.69) is 54.1 Å². The minimum Gasteiger partial charge on any atom is -0.462 e. The average Bonchev–Trinajstić information content (AvgIpc) is 3.26. The van der Waals surface area contributed by atoms with E-state index in [4.69, 9.17) is 23.8 Å². The molecule has 0 radical (unpaired) electrons. The van der Waals surface area contributed by atoms with Crippen molar-refractivity contribution in [3.8, 4) is 0 Å². The molecule has 0 spiro atoms. The Kier molecular flexibility index (Phi) is 42.5. The number of ether oxygens (including phenoxy) is 2. The van der Waals surface area contributed by atoms with Gasteiger partial charge in [-0.2, -0.15) is 0 Å². The molecule has 0 saturated heterocycles. The average molecular weight is 977 g/mol. The molecule has 0 fully saturated rings. The van der Waals surface area contributed by atoms with E-state index in [0.717, 1.165) is 50.9 Å². The molecule has 3 atom stereocenters. The fraction of sp³-hybridized carbons (Fsp3) is 0.780. The van der Waals surface area contributed by atoms with Crippen molar-refractivity contribution in [3.05, 3.63) is 48.6 Å². The molecule has 0 aromatic heterocycles. The van der Waals surface area contributed by atoms with Crippen molar-refractivity contribution in [2.24, 2.45) is 5.92 Å². The summed E-state index contributed by atoms with van der Waals surface area (Å²) in [6.45, 7) is 3.84. The summed E-state index contributed by atoms with van der Waals surface area (Å²) in [6, 6.07) is 0. The first-order chi connectivity index (χ1) is 31.6. The standard InChI is InChI=1S/C50H90O14P2/c1-4-5-6-7-8-9-10-17-21-24-27-30-33-37-46(51)38-35-40-49(53)60-43-48(44-63-66(58,59)62-42-47(52)41-61-65(55,56)57)64-50(54)39-34-31-28-25-22-19-16-14-12-11-13-15-18-20-23-26-29-32-36-45(2)3/h8-9,17,21,27,30,33,37,45,47-48,52H,4-7,10-16,18-20,22-26,28-29,31-32,34-36,38-44H2,1-3H3,(H,58,59)(H2,55,56,57)/b9-8-,21-17-,30-27-,37-33+/t47-,48+/m0/s1. The van der Waals surface area contributed by atoms with E-state index in [9.17, 15) is 33.5 Å². The zero-order valence-electron chi connectivity index (χ0n) is 41.0. The van der Waals surface area contributed by atoms with E-state index in [1.54, 1.807) is 12.2 Å². The second-order valence-electron chi connectivity index (χ2n) is 17.6. The van der Waals surface area contributed by atoms with Gasteiger partial charge in [-0.05, 0) is 50.5 Å². The highest BCUT2D eigenvalue weighted by atomic mass is 31.2. The number of carbonyl (C=O) groups is 3. The summed E-state index contributed by atoms with van der Waals surface area (Å²) < 4.78 is 47.7. The molecule has 0 amide bonds. The van der Waals surface area contributed by atoms with Crippen molar-refractivity contribution in [2.45, 2.75) is 219 Å². The van der Waals surface area contributed by atoms with Crippen LogP contribution in [0.5, 0.6) is 0 Å². The normalized spacial score (nSPS) is 14.2. The molecule has 0 aliphatic heterocycles. The van der Waals surface area contributed by atoms with Crippen molar-refractivity contribution in [1.29, 1.82) is 0 Å². The van der Waals surface area contributed by atoms with Crippen molar-refractivity contribution in [2.75, 3.05) is 26.4 Å². The van der Waals surface area contributed by atoms with E-state index < -0.39 is 66.2 Å². The molecule has 16 heteroatoms. The molecule has 0 aromatic rings. The number of carbonyl (C=O) groups excluding carboxylic acids is 3. The predicted molar refractivity (Wildman–Crippen MR) is 263 cm³/mol. The minimum absolute atomic E-state index is 0.0835. The number of rotatable bonds is 47. The van der Waals surface area contributed by atoms with Gasteiger partial charge in [0, 0.05) is 19.3 Å². The highest BCUT2D eigenvalue weighted by Crippen LogP contribution is 2.44. The van der Waals surface area contributed by atoms with Crippen molar-refractivity contribution < 1.29 is 66.3 Å². The number of allylic oxidation sites excluding steroid dienone is 8. The number of aliphatic hydroxyl groups excluding tert-OH is 1. The highest BCUT2D eigenvalue weighted by molar-refractivity contribution is 7.47. The lowest BCUT2D eigenvalue weighted by atomic mass is 10.0. The first-order valence-electron chi connectivity index (χ1n) is 25.1. The minimum atomic E-state index is -4.89. The van der Waals surface area contributed by atoms with Crippen LogP contribution in [-0.2, 0) is 46.6 Å². The largest absolute Gasteiger partial charge is 0.472 e. The number of ketones is 1. The third-order valence-corrected chi connectivity index (χ3v) is 12.1. The van der Waals surface area contributed by atoms with Gasteiger partial charge in [0.15, 0.2) is 11.9 Å². The van der Waals surface area contributed by atoms with Crippen molar-refractivity contribution in [3.63, 3.8) is 0 Å². The number of hydrogen-bond donors (Lipinski definition) is 4. The Morgan fingerprint density at radius 2 is 1.03 bits per heavy atom. The fourth-order valence-electron chi connectivity index (χ4n) is 6.78. The van der Waals surface area contributed by atoms with Crippen LogP contribution in [0.2, 0.25) is 0 Å². The van der Waals surface area contributed by atoms with Crippen LogP contribution in [0.3, 0.4) is 0 Å². The Hall–Kier alpha value is -2.25. The number of unbranched alkanes of at least 4 members (excludes halogenated alkanes) is 20. The van der Waals surface area contributed by atoms with Gasteiger partial charge >= 0.3 is 27.6 Å². The van der Waals surface area contributed by atoms with Crippen LogP contribution in [0.1, 0.15) is 207 Å². The lowest BCUT2D eigenvalue weighted by molar-refractivity contribution is -0.161. The Morgan fingerprint density at radius 1 is 0.530 bits per heavy atom. The zero-order valence-corrected chi connectivity index (χ0v) is 42.7. The van der Waals surface area contributed by atoms with E-state index in [-0.39, 0.29) is 31.5 Å². The first-order valence-corrected chi connectivity index (χ1v) is 28.2. The Morgan fingerprint density at radius 3 is 1.59 bits per heavy atom. The molecule has 66 heavy (non-hydrogen) atoms. The fourth-order valence-corrected chi connectivity index (χ4v) is 7.94. The molecule has 384 valence electrons. The maximum Gasteiger partial charge on any atom is 0.472 e. The summed E-state index contributed by atoms with van der Waals surface area (Å²) in [6.07, 6.45) is 42.5. The van der Waals surface area contributed by atoms with Crippen LogP contribution in [0.4, 0.5) is 0 Å². The number of phosphoric ester groups is 2. The molecule has 1 unspecified atom stereocenters.